The second-order valence-electron chi connectivity index (χ2n) is 7.75. The summed E-state index contributed by atoms with van der Waals surface area (Å²) in [5.41, 5.74) is 1.49. The largest absolute Gasteiger partial charge is 0.386 e. The number of hydroxylamine groups is 1. The number of carbonyl (C=O) groups excluding carboxylic acids is 1. The van der Waals surface area contributed by atoms with E-state index in [0.29, 0.717) is 19.3 Å². The van der Waals surface area contributed by atoms with Gasteiger partial charge in [-0.3, -0.25) is 10.0 Å². The molecule has 0 aromatic carbocycles. The number of alkyl halides is 12. The van der Waals surface area contributed by atoms with Crippen LogP contribution in [0.25, 0.3) is 0 Å². The Labute approximate surface area is 203 Å². The number of rotatable bonds is 15. The number of aliphatic hydroxyl groups is 1. The van der Waals surface area contributed by atoms with Gasteiger partial charge in [0, 0.05) is 19.3 Å². The summed E-state index contributed by atoms with van der Waals surface area (Å²) in [6.45, 7) is 0. The van der Waals surface area contributed by atoms with Gasteiger partial charge >= 0.3 is 36.0 Å². The SMILES string of the molecule is O=C(CCCCCCCCC#CC#CCC(O)C(F)(F)C(F)(F)C(F)(F)C(F)(F)C(F)(F)C(F)F)NO. The number of amides is 1. The fourth-order valence-electron chi connectivity index (χ4n) is 2.65. The number of halogens is 12. The fourth-order valence-corrected chi connectivity index (χ4v) is 2.65. The number of nitrogens with one attached hydrogen (secondary N) is 1. The van der Waals surface area contributed by atoms with Gasteiger partial charge in [-0.2, -0.15) is 43.9 Å². The van der Waals surface area contributed by atoms with Gasteiger partial charge in [-0.05, 0) is 24.7 Å². The summed E-state index contributed by atoms with van der Waals surface area (Å²) >= 11 is 0. The summed E-state index contributed by atoms with van der Waals surface area (Å²) in [4.78, 5) is 10.8. The molecule has 0 aliphatic carbocycles. The van der Waals surface area contributed by atoms with Gasteiger partial charge < -0.3 is 5.11 Å². The van der Waals surface area contributed by atoms with Crippen molar-refractivity contribution in [3.63, 3.8) is 0 Å². The predicted molar refractivity (Wildman–Crippen MR) is 104 cm³/mol. The molecule has 0 saturated carbocycles. The van der Waals surface area contributed by atoms with Crippen LogP contribution in [0.4, 0.5) is 52.7 Å². The van der Waals surface area contributed by atoms with Crippen LogP contribution in [0.15, 0.2) is 0 Å². The molecule has 0 rings (SSSR count). The van der Waals surface area contributed by atoms with Crippen LogP contribution >= 0.6 is 0 Å². The van der Waals surface area contributed by atoms with Crippen LogP contribution in [-0.4, -0.2) is 58.4 Å². The molecule has 0 bridgehead atoms. The number of carbonyl (C=O) groups is 1. The molecule has 1 atom stereocenters. The minimum absolute atomic E-state index is 0.169. The van der Waals surface area contributed by atoms with Crippen molar-refractivity contribution in [2.45, 2.75) is 99.9 Å². The summed E-state index contributed by atoms with van der Waals surface area (Å²) < 4.78 is 157. The Morgan fingerprint density at radius 3 is 1.68 bits per heavy atom. The van der Waals surface area contributed by atoms with Crippen molar-refractivity contribution in [2.75, 3.05) is 0 Å². The summed E-state index contributed by atoms with van der Waals surface area (Å²) in [6.07, 6.45) is -6.65. The highest BCUT2D eigenvalue weighted by Crippen LogP contribution is 2.58. The van der Waals surface area contributed by atoms with Crippen molar-refractivity contribution < 1.29 is 67.8 Å². The quantitative estimate of drug-likeness (QED) is 0.0772. The van der Waals surface area contributed by atoms with Gasteiger partial charge in [0.05, 0.1) is 0 Å². The lowest BCUT2D eigenvalue weighted by Crippen LogP contribution is -2.70. The first-order valence-electron chi connectivity index (χ1n) is 10.6. The van der Waals surface area contributed by atoms with E-state index in [-0.39, 0.29) is 12.8 Å². The summed E-state index contributed by atoms with van der Waals surface area (Å²) in [7, 11) is 0. The van der Waals surface area contributed by atoms with Crippen LogP contribution in [0.1, 0.15) is 57.8 Å². The topological polar surface area (TPSA) is 69.6 Å². The second-order valence-corrected chi connectivity index (χ2v) is 7.75. The monoisotopic (exact) mass is 565 g/mol. The van der Waals surface area contributed by atoms with Gasteiger partial charge in [0.1, 0.15) is 6.10 Å². The normalized spacial score (nSPS) is 13.9. The van der Waals surface area contributed by atoms with Gasteiger partial charge in [0.2, 0.25) is 5.91 Å². The Bertz CT molecular complexity index is 856. The van der Waals surface area contributed by atoms with Crippen molar-refractivity contribution in [2.24, 2.45) is 0 Å². The summed E-state index contributed by atoms with van der Waals surface area (Å²) in [5.74, 6) is -28.9. The van der Waals surface area contributed by atoms with Crippen molar-refractivity contribution in [1.82, 2.24) is 5.48 Å². The molecular weight excluding hydrogens is 542 g/mol. The molecule has 214 valence electrons. The zero-order valence-corrected chi connectivity index (χ0v) is 18.9. The fraction of sp³-hybridized carbons (Fsp3) is 0.762. The van der Waals surface area contributed by atoms with E-state index in [4.69, 9.17) is 10.3 Å². The number of hydrogen-bond acceptors (Lipinski definition) is 3. The number of aliphatic hydroxyl groups excluding tert-OH is 1. The standard InChI is InChI=1S/C21H23F12NO3/c22-16(23)18(26,27)20(30,31)21(32,33)19(28,29)17(24,25)14(35)12-10-8-6-4-2-1-3-5-7-9-11-13-15(36)34-37/h14,16,35,37H,1-3,5,7,9,11-13H2,(H,34,36). The third-order valence-electron chi connectivity index (χ3n) is 4.93. The molecule has 0 radical (unpaired) electrons. The van der Waals surface area contributed by atoms with E-state index in [2.05, 4.69) is 11.8 Å². The minimum atomic E-state index is -7.70. The molecule has 37 heavy (non-hydrogen) atoms. The molecule has 16 heteroatoms. The first kappa shape index (κ1) is 34.7. The van der Waals surface area contributed by atoms with Crippen molar-refractivity contribution in [3.8, 4) is 23.7 Å². The molecular formula is C21H23F12NO3. The van der Waals surface area contributed by atoms with Gasteiger partial charge in [-0.15, -0.1) is 0 Å². The Balaban J connectivity index is 4.89. The van der Waals surface area contributed by atoms with Crippen LogP contribution in [-0.2, 0) is 4.79 Å². The molecule has 0 aromatic heterocycles. The molecule has 0 saturated heterocycles. The average molecular weight is 565 g/mol. The first-order valence-corrected chi connectivity index (χ1v) is 10.6. The molecule has 0 aliphatic heterocycles. The number of hydrogen-bond donors (Lipinski definition) is 3. The zero-order chi connectivity index (χ0) is 29.1. The molecule has 4 nitrogen and oxygen atoms in total. The Kier molecular flexibility index (Phi) is 13.1. The molecule has 3 N–H and O–H groups in total. The molecule has 0 spiro atoms. The Hall–Kier alpha value is -2.33. The molecule has 0 heterocycles. The highest BCUT2D eigenvalue weighted by molar-refractivity contribution is 5.74. The lowest BCUT2D eigenvalue weighted by Gasteiger charge is -2.40. The van der Waals surface area contributed by atoms with Crippen molar-refractivity contribution in [1.29, 1.82) is 0 Å². The maximum Gasteiger partial charge on any atom is 0.384 e. The second kappa shape index (κ2) is 14.0. The minimum Gasteiger partial charge on any atom is -0.386 e. The van der Waals surface area contributed by atoms with E-state index < -0.39 is 54.5 Å². The van der Waals surface area contributed by atoms with E-state index in [1.807, 2.05) is 5.92 Å². The maximum atomic E-state index is 13.7. The van der Waals surface area contributed by atoms with Crippen LogP contribution < -0.4 is 5.48 Å². The first-order chi connectivity index (χ1) is 16.8. The zero-order valence-electron chi connectivity index (χ0n) is 18.9. The van der Waals surface area contributed by atoms with Crippen molar-refractivity contribution in [3.05, 3.63) is 0 Å². The number of unbranched alkanes of at least 4 members (excludes halogenated alkanes) is 6. The van der Waals surface area contributed by atoms with E-state index in [0.717, 1.165) is 19.3 Å². The lowest BCUT2D eigenvalue weighted by molar-refractivity contribution is -0.419. The third-order valence-corrected chi connectivity index (χ3v) is 4.93. The van der Waals surface area contributed by atoms with E-state index >= 15 is 0 Å². The van der Waals surface area contributed by atoms with Crippen LogP contribution in [0.5, 0.6) is 0 Å². The van der Waals surface area contributed by atoms with Gasteiger partial charge in [-0.25, -0.2) is 14.3 Å². The van der Waals surface area contributed by atoms with Crippen molar-refractivity contribution >= 4 is 5.91 Å². The van der Waals surface area contributed by atoms with Gasteiger partial charge in [0.15, 0.2) is 0 Å². The molecule has 1 amide bonds. The summed E-state index contributed by atoms with van der Waals surface area (Å²) in [5, 5.41) is 17.4. The molecule has 1 unspecified atom stereocenters. The van der Waals surface area contributed by atoms with E-state index in [9.17, 15) is 57.5 Å². The highest BCUT2D eigenvalue weighted by atomic mass is 19.4. The molecule has 0 aliphatic rings. The smallest absolute Gasteiger partial charge is 0.384 e. The highest BCUT2D eigenvalue weighted by Gasteiger charge is 2.88. The van der Waals surface area contributed by atoms with E-state index in [1.54, 1.807) is 5.92 Å². The van der Waals surface area contributed by atoms with Gasteiger partial charge in [0.25, 0.3) is 0 Å². The van der Waals surface area contributed by atoms with Crippen LogP contribution in [0, 0.1) is 23.7 Å². The van der Waals surface area contributed by atoms with Crippen LogP contribution in [0.2, 0.25) is 0 Å². The Morgan fingerprint density at radius 1 is 0.703 bits per heavy atom. The predicted octanol–water partition coefficient (Wildman–Crippen LogP) is 5.81. The van der Waals surface area contributed by atoms with Crippen LogP contribution in [0.3, 0.4) is 0 Å². The average Bonchev–Trinajstić information content (AvgIpc) is 2.80. The molecule has 0 aromatic rings. The van der Waals surface area contributed by atoms with Gasteiger partial charge in [-0.1, -0.05) is 37.5 Å². The Morgan fingerprint density at radius 2 is 1.16 bits per heavy atom. The van der Waals surface area contributed by atoms with E-state index in [1.165, 1.54) is 5.48 Å². The maximum absolute atomic E-state index is 13.7. The third kappa shape index (κ3) is 8.33. The lowest BCUT2D eigenvalue weighted by atomic mass is 9.91. The molecule has 0 fully saturated rings. The summed E-state index contributed by atoms with van der Waals surface area (Å²) in [6, 6.07) is 0.